The first-order valence-electron chi connectivity index (χ1n) is 8.32. The molecule has 0 spiro atoms. The van der Waals surface area contributed by atoms with Gasteiger partial charge >= 0.3 is 5.97 Å². The van der Waals surface area contributed by atoms with E-state index in [9.17, 15) is 9.59 Å². The van der Waals surface area contributed by atoms with Gasteiger partial charge in [-0.05, 0) is 29.3 Å². The van der Waals surface area contributed by atoms with E-state index in [0.29, 0.717) is 17.8 Å². The largest absolute Gasteiger partial charge is 0.448 e. The van der Waals surface area contributed by atoms with Gasteiger partial charge in [-0.25, -0.2) is 9.78 Å². The van der Waals surface area contributed by atoms with Gasteiger partial charge in [-0.1, -0.05) is 48.5 Å². The van der Waals surface area contributed by atoms with Crippen LogP contribution in [0.25, 0.3) is 11.1 Å². The Bertz CT molecular complexity index is 970. The van der Waals surface area contributed by atoms with E-state index < -0.39 is 12.1 Å². The molecule has 26 heavy (non-hydrogen) atoms. The maximum absolute atomic E-state index is 12.7. The summed E-state index contributed by atoms with van der Waals surface area (Å²) in [7, 11) is 0. The van der Waals surface area contributed by atoms with Crippen LogP contribution < -0.4 is 5.32 Å². The average Bonchev–Trinajstić information content (AvgIpc) is 2.69. The molecule has 0 saturated heterocycles. The highest BCUT2D eigenvalue weighted by atomic mass is 16.5. The third kappa shape index (κ3) is 3.07. The highest BCUT2D eigenvalue weighted by molar-refractivity contribution is 6.01. The fourth-order valence-corrected chi connectivity index (χ4v) is 3.03. The summed E-state index contributed by atoms with van der Waals surface area (Å²) in [6.07, 6.45) is 1.09. The van der Waals surface area contributed by atoms with Crippen LogP contribution in [0.4, 0.5) is 5.82 Å². The van der Waals surface area contributed by atoms with Crippen LogP contribution in [-0.4, -0.2) is 23.0 Å². The van der Waals surface area contributed by atoms with Gasteiger partial charge in [0.2, 0.25) is 0 Å². The number of ether oxygens (including phenoxy) is 1. The van der Waals surface area contributed by atoms with Crippen LogP contribution in [0.5, 0.6) is 0 Å². The van der Waals surface area contributed by atoms with Crippen LogP contribution in [0.3, 0.4) is 0 Å². The van der Waals surface area contributed by atoms with Crippen LogP contribution in [0.2, 0.25) is 0 Å². The molecule has 1 aliphatic heterocycles. The molecule has 5 heteroatoms. The predicted molar refractivity (Wildman–Crippen MR) is 97.7 cm³/mol. The number of hydrogen-bond acceptors (Lipinski definition) is 4. The number of nitrogens with one attached hydrogen (secondary N) is 1. The van der Waals surface area contributed by atoms with Crippen LogP contribution in [-0.2, 0) is 16.0 Å². The van der Waals surface area contributed by atoms with Crippen LogP contribution in [0, 0.1) is 0 Å². The van der Waals surface area contributed by atoms with E-state index in [4.69, 9.17) is 4.74 Å². The smallest absolute Gasteiger partial charge is 0.339 e. The maximum atomic E-state index is 12.7. The minimum Gasteiger partial charge on any atom is -0.448 e. The number of carbonyl (C=O) groups excluding carboxylic acids is 2. The quantitative estimate of drug-likeness (QED) is 0.739. The third-order valence-corrected chi connectivity index (χ3v) is 4.32. The van der Waals surface area contributed by atoms with Crippen molar-refractivity contribution < 1.29 is 14.3 Å². The molecule has 2 heterocycles. The maximum Gasteiger partial charge on any atom is 0.339 e. The normalized spacial score (nSPS) is 15.7. The number of fused-ring (bicyclic) bond motifs is 1. The third-order valence-electron chi connectivity index (χ3n) is 4.32. The van der Waals surface area contributed by atoms with Crippen molar-refractivity contribution in [3.63, 3.8) is 0 Å². The summed E-state index contributed by atoms with van der Waals surface area (Å²) in [6, 6.07) is 20.5. The van der Waals surface area contributed by atoms with Crippen molar-refractivity contribution in [1.29, 1.82) is 0 Å². The Hall–Kier alpha value is -3.47. The first kappa shape index (κ1) is 16.0. The highest BCUT2D eigenvalue weighted by Crippen LogP contribution is 2.27. The van der Waals surface area contributed by atoms with Gasteiger partial charge < -0.3 is 10.1 Å². The van der Waals surface area contributed by atoms with Gasteiger partial charge in [0.15, 0.2) is 6.10 Å². The van der Waals surface area contributed by atoms with Crippen LogP contribution in [0.15, 0.2) is 72.9 Å². The summed E-state index contributed by atoms with van der Waals surface area (Å²) < 4.78 is 5.31. The summed E-state index contributed by atoms with van der Waals surface area (Å²) in [6.45, 7) is 0. The molecule has 4 rings (SSSR count). The van der Waals surface area contributed by atoms with Crippen LogP contribution >= 0.6 is 0 Å². The number of carbonyl (C=O) groups is 2. The zero-order chi connectivity index (χ0) is 17.9. The van der Waals surface area contributed by atoms with E-state index in [0.717, 1.165) is 16.7 Å². The van der Waals surface area contributed by atoms with Crippen molar-refractivity contribution in [2.75, 3.05) is 5.32 Å². The zero-order valence-electron chi connectivity index (χ0n) is 13.9. The fraction of sp³-hybridized carbons (Fsp3) is 0.0952. The summed E-state index contributed by atoms with van der Waals surface area (Å²) in [4.78, 5) is 29.1. The summed E-state index contributed by atoms with van der Waals surface area (Å²) >= 11 is 0. The Balaban J connectivity index is 1.58. The molecule has 0 bridgehead atoms. The van der Waals surface area contributed by atoms with Gasteiger partial charge in [0.25, 0.3) is 5.91 Å². The standard InChI is InChI=1S/C21H16N2O3/c24-20(18-13-15-9-4-5-10-17(15)21(25)26-18)23-19-16(11-6-12-22-19)14-7-2-1-3-8-14/h1-12,18H,13H2,(H,22,23,24)/t18-/m1/s1. The second-order valence-electron chi connectivity index (χ2n) is 6.01. The summed E-state index contributed by atoms with van der Waals surface area (Å²) in [5.41, 5.74) is 3.08. The number of esters is 1. The van der Waals surface area contributed by atoms with Crippen molar-refractivity contribution in [3.8, 4) is 11.1 Å². The molecule has 0 unspecified atom stereocenters. The lowest BCUT2D eigenvalue weighted by atomic mass is 9.98. The second-order valence-corrected chi connectivity index (χ2v) is 6.01. The van der Waals surface area contributed by atoms with Crippen molar-refractivity contribution in [2.24, 2.45) is 0 Å². The van der Waals surface area contributed by atoms with Gasteiger partial charge in [-0.3, -0.25) is 4.79 Å². The number of pyridine rings is 1. The molecular formula is C21H16N2O3. The van der Waals surface area contributed by atoms with E-state index in [2.05, 4.69) is 10.3 Å². The minimum atomic E-state index is -0.872. The monoisotopic (exact) mass is 344 g/mol. The van der Waals surface area contributed by atoms with Gasteiger partial charge in [0.05, 0.1) is 5.56 Å². The molecule has 5 nitrogen and oxygen atoms in total. The van der Waals surface area contributed by atoms with E-state index in [1.54, 1.807) is 18.3 Å². The average molecular weight is 344 g/mol. The van der Waals surface area contributed by atoms with Crippen molar-refractivity contribution in [1.82, 2.24) is 4.98 Å². The number of cyclic esters (lactones) is 1. The molecule has 1 N–H and O–H groups in total. The molecule has 1 atom stereocenters. The van der Waals surface area contributed by atoms with E-state index in [1.165, 1.54) is 0 Å². The molecule has 128 valence electrons. The Labute approximate surface area is 150 Å². The molecule has 0 fully saturated rings. The van der Waals surface area contributed by atoms with E-state index in [-0.39, 0.29) is 5.91 Å². The Morgan fingerprint density at radius 1 is 0.962 bits per heavy atom. The van der Waals surface area contributed by atoms with E-state index in [1.807, 2.05) is 54.6 Å². The number of hydrogen-bond donors (Lipinski definition) is 1. The molecule has 1 aromatic heterocycles. The number of nitrogens with zero attached hydrogens (tertiary/aromatic N) is 1. The fourth-order valence-electron chi connectivity index (χ4n) is 3.03. The first-order chi connectivity index (χ1) is 12.7. The lowest BCUT2D eigenvalue weighted by molar-refractivity contribution is -0.125. The molecule has 1 amide bonds. The number of aromatic nitrogens is 1. The van der Waals surface area contributed by atoms with Gasteiger partial charge in [0.1, 0.15) is 5.82 Å². The molecule has 0 aliphatic carbocycles. The Morgan fingerprint density at radius 3 is 2.54 bits per heavy atom. The van der Waals surface area contributed by atoms with Crippen molar-refractivity contribution in [3.05, 3.63) is 84.1 Å². The topological polar surface area (TPSA) is 68.3 Å². The Morgan fingerprint density at radius 2 is 1.69 bits per heavy atom. The zero-order valence-corrected chi connectivity index (χ0v) is 13.9. The van der Waals surface area contributed by atoms with Gasteiger partial charge in [0, 0.05) is 18.2 Å². The number of benzene rings is 2. The number of amides is 1. The van der Waals surface area contributed by atoms with Gasteiger partial charge in [-0.15, -0.1) is 0 Å². The molecule has 0 radical (unpaired) electrons. The summed E-state index contributed by atoms with van der Waals surface area (Å²) in [5, 5.41) is 2.80. The lowest BCUT2D eigenvalue weighted by Crippen LogP contribution is -2.38. The predicted octanol–water partition coefficient (Wildman–Crippen LogP) is 3.47. The SMILES string of the molecule is O=C1O[C@@H](C(=O)Nc2ncccc2-c2ccccc2)Cc2ccccc21. The summed E-state index contributed by atoms with van der Waals surface area (Å²) in [5.74, 6) is -0.418. The van der Waals surface area contributed by atoms with Crippen LogP contribution in [0.1, 0.15) is 15.9 Å². The first-order valence-corrected chi connectivity index (χ1v) is 8.32. The highest BCUT2D eigenvalue weighted by Gasteiger charge is 2.31. The Kier molecular flexibility index (Phi) is 4.19. The molecule has 0 saturated carbocycles. The molecule has 3 aromatic rings. The molecule has 1 aliphatic rings. The second kappa shape index (κ2) is 6.80. The minimum absolute atomic E-state index is 0.348. The van der Waals surface area contributed by atoms with Crippen molar-refractivity contribution >= 4 is 17.7 Å². The molecule has 2 aromatic carbocycles. The molecular weight excluding hydrogens is 328 g/mol. The lowest BCUT2D eigenvalue weighted by Gasteiger charge is -2.24. The number of rotatable bonds is 3. The van der Waals surface area contributed by atoms with E-state index >= 15 is 0 Å². The number of anilines is 1. The van der Waals surface area contributed by atoms with Gasteiger partial charge in [-0.2, -0.15) is 0 Å². The van der Waals surface area contributed by atoms with Crippen molar-refractivity contribution in [2.45, 2.75) is 12.5 Å².